The van der Waals surface area contributed by atoms with Gasteiger partial charge in [0.25, 0.3) is 9.05 Å². The lowest BCUT2D eigenvalue weighted by Gasteiger charge is -2.07. The van der Waals surface area contributed by atoms with Crippen molar-refractivity contribution in [2.24, 2.45) is 7.05 Å². The summed E-state index contributed by atoms with van der Waals surface area (Å²) in [6.07, 6.45) is -4.49. The maximum absolute atomic E-state index is 12.7. The Morgan fingerprint density at radius 1 is 1.22 bits per heavy atom. The monoisotopic (exact) mass is 297 g/mol. The minimum atomic E-state index is -4.49. The molecule has 0 atom stereocenters. The molecule has 0 unspecified atom stereocenters. The summed E-state index contributed by atoms with van der Waals surface area (Å²) in [5.74, 6) is 0. The molecule has 2 aromatic rings. The van der Waals surface area contributed by atoms with Crippen molar-refractivity contribution in [2.45, 2.75) is 11.1 Å². The molecule has 3 nitrogen and oxygen atoms in total. The van der Waals surface area contributed by atoms with Gasteiger partial charge >= 0.3 is 6.18 Å². The number of hydrogen-bond donors (Lipinski definition) is 0. The van der Waals surface area contributed by atoms with Crippen LogP contribution in [0.25, 0.3) is 10.9 Å². The van der Waals surface area contributed by atoms with Crippen LogP contribution in [-0.2, 0) is 22.3 Å². The van der Waals surface area contributed by atoms with Crippen molar-refractivity contribution in [3.05, 3.63) is 30.0 Å². The molecule has 2 rings (SSSR count). The standard InChI is InChI=1S/C10H7ClF3NO2S/c1-15-8-5-7(18(11,16)17)3-2-6(8)4-9(15)10(12,13)14/h2-5H,1H3. The number of benzene rings is 1. The normalized spacial score (nSPS) is 13.2. The topological polar surface area (TPSA) is 39.1 Å². The smallest absolute Gasteiger partial charge is 0.340 e. The summed E-state index contributed by atoms with van der Waals surface area (Å²) in [6, 6.07) is 4.54. The molecule has 0 saturated carbocycles. The van der Waals surface area contributed by atoms with Gasteiger partial charge in [0, 0.05) is 28.6 Å². The van der Waals surface area contributed by atoms with Crippen molar-refractivity contribution in [1.82, 2.24) is 4.57 Å². The summed E-state index contributed by atoms with van der Waals surface area (Å²) in [6.45, 7) is 0. The zero-order valence-corrected chi connectivity index (χ0v) is 10.6. The van der Waals surface area contributed by atoms with E-state index >= 15 is 0 Å². The van der Waals surface area contributed by atoms with Crippen LogP contribution in [0.2, 0.25) is 0 Å². The second-order valence-corrected chi connectivity index (χ2v) is 6.31. The van der Waals surface area contributed by atoms with Crippen LogP contribution in [0.5, 0.6) is 0 Å². The van der Waals surface area contributed by atoms with Gasteiger partial charge in [-0.15, -0.1) is 0 Å². The number of fused-ring (bicyclic) bond motifs is 1. The molecule has 0 N–H and O–H groups in total. The van der Waals surface area contributed by atoms with Gasteiger partial charge in [-0.2, -0.15) is 13.2 Å². The molecular formula is C10H7ClF3NO2S. The number of alkyl halides is 3. The lowest BCUT2D eigenvalue weighted by atomic mass is 10.2. The highest BCUT2D eigenvalue weighted by Gasteiger charge is 2.34. The molecule has 1 aromatic heterocycles. The van der Waals surface area contributed by atoms with Gasteiger partial charge in [-0.05, 0) is 18.2 Å². The van der Waals surface area contributed by atoms with Crippen LogP contribution < -0.4 is 0 Å². The molecule has 0 radical (unpaired) electrons. The summed E-state index contributed by atoms with van der Waals surface area (Å²) in [5.41, 5.74) is -0.689. The Morgan fingerprint density at radius 3 is 2.33 bits per heavy atom. The van der Waals surface area contributed by atoms with Crippen LogP contribution in [0.1, 0.15) is 5.69 Å². The molecule has 8 heteroatoms. The Bertz CT molecular complexity index is 719. The first kappa shape index (κ1) is 13.2. The summed E-state index contributed by atoms with van der Waals surface area (Å²) >= 11 is 0. The highest BCUT2D eigenvalue weighted by atomic mass is 35.7. The summed E-state index contributed by atoms with van der Waals surface area (Å²) in [5, 5.41) is 0.300. The van der Waals surface area contributed by atoms with Crippen molar-refractivity contribution in [1.29, 1.82) is 0 Å². The van der Waals surface area contributed by atoms with Crippen molar-refractivity contribution in [3.8, 4) is 0 Å². The number of aromatic nitrogens is 1. The number of nitrogens with zero attached hydrogens (tertiary/aromatic N) is 1. The second-order valence-electron chi connectivity index (χ2n) is 3.74. The molecule has 0 aliphatic heterocycles. The fourth-order valence-corrected chi connectivity index (χ4v) is 2.50. The Labute approximate surface area is 105 Å². The predicted molar refractivity (Wildman–Crippen MR) is 61.0 cm³/mol. The predicted octanol–water partition coefficient (Wildman–Crippen LogP) is 3.12. The first-order valence-electron chi connectivity index (χ1n) is 4.72. The quantitative estimate of drug-likeness (QED) is 0.759. The fraction of sp³-hybridized carbons (Fsp3) is 0.200. The van der Waals surface area contributed by atoms with Gasteiger partial charge in [0.2, 0.25) is 0 Å². The summed E-state index contributed by atoms with van der Waals surface area (Å²) < 4.78 is 61.1. The van der Waals surface area contributed by atoms with E-state index in [1.807, 2.05) is 0 Å². The van der Waals surface area contributed by atoms with E-state index in [9.17, 15) is 21.6 Å². The van der Waals surface area contributed by atoms with E-state index in [2.05, 4.69) is 0 Å². The zero-order chi connectivity index (χ0) is 13.7. The minimum absolute atomic E-state index is 0.157. The Morgan fingerprint density at radius 2 is 1.83 bits per heavy atom. The molecule has 0 aliphatic carbocycles. The molecule has 98 valence electrons. The largest absolute Gasteiger partial charge is 0.431 e. The lowest BCUT2D eigenvalue weighted by Crippen LogP contribution is -2.10. The van der Waals surface area contributed by atoms with Crippen molar-refractivity contribution >= 4 is 30.6 Å². The van der Waals surface area contributed by atoms with E-state index < -0.39 is 20.9 Å². The lowest BCUT2D eigenvalue weighted by molar-refractivity contribution is -0.142. The first-order chi connectivity index (χ1) is 8.10. The van der Waals surface area contributed by atoms with Crippen LogP contribution in [0.4, 0.5) is 13.2 Å². The molecular weight excluding hydrogens is 291 g/mol. The van der Waals surface area contributed by atoms with Gasteiger partial charge in [0.05, 0.1) is 4.90 Å². The van der Waals surface area contributed by atoms with Gasteiger partial charge in [0.15, 0.2) is 0 Å². The highest BCUT2D eigenvalue weighted by molar-refractivity contribution is 8.13. The molecule has 1 aromatic carbocycles. The van der Waals surface area contributed by atoms with Crippen molar-refractivity contribution < 1.29 is 21.6 Å². The minimum Gasteiger partial charge on any atom is -0.340 e. The van der Waals surface area contributed by atoms with Gasteiger partial charge in [-0.3, -0.25) is 0 Å². The van der Waals surface area contributed by atoms with E-state index in [1.165, 1.54) is 19.2 Å². The number of halogens is 4. The zero-order valence-electron chi connectivity index (χ0n) is 8.99. The van der Waals surface area contributed by atoms with Gasteiger partial charge in [0.1, 0.15) is 5.69 Å². The number of rotatable bonds is 1. The van der Waals surface area contributed by atoms with Crippen LogP contribution >= 0.6 is 10.7 Å². The third-order valence-electron chi connectivity index (χ3n) is 2.59. The molecule has 0 aliphatic rings. The second kappa shape index (κ2) is 3.89. The van der Waals surface area contributed by atoms with Gasteiger partial charge in [-0.25, -0.2) is 8.42 Å². The summed E-state index contributed by atoms with van der Waals surface area (Å²) in [7, 11) is 2.41. The maximum Gasteiger partial charge on any atom is 0.431 e. The van der Waals surface area contributed by atoms with Crippen LogP contribution in [-0.4, -0.2) is 13.0 Å². The maximum atomic E-state index is 12.7. The van der Waals surface area contributed by atoms with Crippen LogP contribution in [0.15, 0.2) is 29.2 Å². The average molecular weight is 298 g/mol. The van der Waals surface area contributed by atoms with Gasteiger partial charge < -0.3 is 4.57 Å². The highest BCUT2D eigenvalue weighted by Crippen LogP contribution is 2.34. The molecule has 0 amide bonds. The molecule has 0 fully saturated rings. The summed E-state index contributed by atoms with van der Waals surface area (Å²) in [4.78, 5) is -0.230. The molecule has 0 spiro atoms. The average Bonchev–Trinajstić information content (AvgIpc) is 2.54. The molecule has 18 heavy (non-hydrogen) atoms. The molecule has 1 heterocycles. The third-order valence-corrected chi connectivity index (χ3v) is 3.94. The third kappa shape index (κ3) is 2.20. The van der Waals surface area contributed by atoms with Crippen molar-refractivity contribution in [2.75, 3.05) is 0 Å². The van der Waals surface area contributed by atoms with Crippen LogP contribution in [0, 0.1) is 0 Å². The van der Waals surface area contributed by atoms with Crippen LogP contribution in [0.3, 0.4) is 0 Å². The first-order valence-corrected chi connectivity index (χ1v) is 7.03. The van der Waals surface area contributed by atoms with E-state index in [0.717, 1.165) is 16.7 Å². The van der Waals surface area contributed by atoms with E-state index in [0.29, 0.717) is 5.39 Å². The Hall–Kier alpha value is -1.21. The molecule has 0 bridgehead atoms. The SMILES string of the molecule is Cn1c(C(F)(F)F)cc2ccc(S(=O)(=O)Cl)cc21. The fourth-order valence-electron chi connectivity index (χ4n) is 1.73. The molecule has 0 saturated heterocycles. The number of aryl methyl sites for hydroxylation is 1. The Kier molecular flexibility index (Phi) is 2.86. The number of hydrogen-bond acceptors (Lipinski definition) is 2. The Balaban J connectivity index is 2.76. The van der Waals surface area contributed by atoms with E-state index in [4.69, 9.17) is 10.7 Å². The van der Waals surface area contributed by atoms with E-state index in [1.54, 1.807) is 0 Å². The van der Waals surface area contributed by atoms with E-state index in [-0.39, 0.29) is 10.4 Å². The van der Waals surface area contributed by atoms with Crippen molar-refractivity contribution in [3.63, 3.8) is 0 Å². The van der Waals surface area contributed by atoms with Gasteiger partial charge in [-0.1, -0.05) is 6.07 Å².